The second kappa shape index (κ2) is 4.46. The molecule has 1 aromatic heterocycles. The Labute approximate surface area is 105 Å². The van der Waals surface area contributed by atoms with Crippen LogP contribution in [0.2, 0.25) is 0 Å². The number of hydrogen-bond acceptors (Lipinski definition) is 2. The van der Waals surface area contributed by atoms with Crippen LogP contribution in [0.15, 0.2) is 30.5 Å². The van der Waals surface area contributed by atoms with Gasteiger partial charge in [0.2, 0.25) is 0 Å². The summed E-state index contributed by atoms with van der Waals surface area (Å²) in [6.45, 7) is 1.47. The van der Waals surface area contributed by atoms with E-state index in [-0.39, 0.29) is 6.04 Å². The van der Waals surface area contributed by atoms with Gasteiger partial charge in [-0.3, -0.25) is 0 Å². The Morgan fingerprint density at radius 3 is 3.00 bits per heavy atom. The summed E-state index contributed by atoms with van der Waals surface area (Å²) in [5.74, 6) is -0.878. The first kappa shape index (κ1) is 11.3. The number of para-hydroxylation sites is 1. The van der Waals surface area contributed by atoms with Gasteiger partial charge in [-0.05, 0) is 25.0 Å². The fourth-order valence-corrected chi connectivity index (χ4v) is 2.64. The smallest absolute Gasteiger partial charge is 0.337 e. The van der Waals surface area contributed by atoms with Crippen molar-refractivity contribution in [2.24, 2.45) is 0 Å². The Bertz CT molecular complexity index is 582. The number of benzene rings is 1. The largest absolute Gasteiger partial charge is 0.478 e. The van der Waals surface area contributed by atoms with Crippen LogP contribution in [0.4, 0.5) is 0 Å². The van der Waals surface area contributed by atoms with Crippen LogP contribution in [0, 0.1) is 0 Å². The lowest BCUT2D eigenvalue weighted by atomic mass is 10.1. The number of rotatable bonds is 2. The van der Waals surface area contributed by atoms with Gasteiger partial charge < -0.3 is 14.4 Å². The van der Waals surface area contributed by atoms with Crippen LogP contribution in [0.25, 0.3) is 10.9 Å². The van der Waals surface area contributed by atoms with Crippen LogP contribution in [-0.2, 0) is 4.74 Å². The Kier molecular flexibility index (Phi) is 2.80. The molecule has 1 atom stereocenters. The first-order chi connectivity index (χ1) is 8.77. The van der Waals surface area contributed by atoms with Gasteiger partial charge in [0.05, 0.1) is 23.7 Å². The van der Waals surface area contributed by atoms with Gasteiger partial charge in [0.25, 0.3) is 0 Å². The van der Waals surface area contributed by atoms with E-state index in [4.69, 9.17) is 4.74 Å². The van der Waals surface area contributed by atoms with Crippen molar-refractivity contribution in [2.75, 3.05) is 13.2 Å². The average Bonchev–Trinajstić information content (AvgIpc) is 2.83. The monoisotopic (exact) mass is 245 g/mol. The third kappa shape index (κ3) is 1.78. The molecular weight excluding hydrogens is 230 g/mol. The molecule has 0 aliphatic carbocycles. The third-order valence-electron chi connectivity index (χ3n) is 3.50. The SMILES string of the molecule is O=C(O)c1cccc2ccn(C3CCCOC3)c12. The van der Waals surface area contributed by atoms with Gasteiger partial charge in [-0.2, -0.15) is 0 Å². The van der Waals surface area contributed by atoms with Crippen molar-refractivity contribution >= 4 is 16.9 Å². The summed E-state index contributed by atoms with van der Waals surface area (Å²) in [5.41, 5.74) is 1.17. The van der Waals surface area contributed by atoms with E-state index in [1.807, 2.05) is 18.3 Å². The molecule has 1 N–H and O–H groups in total. The van der Waals surface area contributed by atoms with E-state index in [0.29, 0.717) is 12.2 Å². The van der Waals surface area contributed by atoms with Crippen molar-refractivity contribution in [3.8, 4) is 0 Å². The summed E-state index contributed by atoms with van der Waals surface area (Å²) in [5, 5.41) is 10.3. The van der Waals surface area contributed by atoms with E-state index in [1.54, 1.807) is 12.1 Å². The summed E-state index contributed by atoms with van der Waals surface area (Å²) in [4.78, 5) is 11.3. The molecule has 0 amide bonds. The van der Waals surface area contributed by atoms with E-state index in [9.17, 15) is 9.90 Å². The first-order valence-electron chi connectivity index (χ1n) is 6.18. The standard InChI is InChI=1S/C14H15NO3/c16-14(17)12-5-1-3-10-6-7-15(13(10)12)11-4-2-8-18-9-11/h1,3,5-7,11H,2,4,8-9H2,(H,16,17). The molecule has 1 saturated heterocycles. The maximum absolute atomic E-state index is 11.3. The number of ether oxygens (including phenoxy) is 1. The normalized spacial score (nSPS) is 20.1. The maximum Gasteiger partial charge on any atom is 0.337 e. The lowest BCUT2D eigenvalue weighted by Crippen LogP contribution is -2.21. The molecule has 1 unspecified atom stereocenters. The fourth-order valence-electron chi connectivity index (χ4n) is 2.64. The molecule has 0 radical (unpaired) electrons. The van der Waals surface area contributed by atoms with E-state index in [0.717, 1.165) is 30.4 Å². The van der Waals surface area contributed by atoms with Crippen LogP contribution < -0.4 is 0 Å². The summed E-state index contributed by atoms with van der Waals surface area (Å²) < 4.78 is 7.54. The van der Waals surface area contributed by atoms with Crippen molar-refractivity contribution in [2.45, 2.75) is 18.9 Å². The number of hydrogen-bond donors (Lipinski definition) is 1. The van der Waals surface area contributed by atoms with Gasteiger partial charge in [-0.1, -0.05) is 12.1 Å². The van der Waals surface area contributed by atoms with Gasteiger partial charge in [0, 0.05) is 18.2 Å². The molecule has 1 fully saturated rings. The van der Waals surface area contributed by atoms with Crippen molar-refractivity contribution < 1.29 is 14.6 Å². The predicted octanol–water partition coefficient (Wildman–Crippen LogP) is 2.69. The van der Waals surface area contributed by atoms with Crippen molar-refractivity contribution in [1.29, 1.82) is 0 Å². The molecule has 2 heterocycles. The van der Waals surface area contributed by atoms with Gasteiger partial charge >= 0.3 is 5.97 Å². The highest BCUT2D eigenvalue weighted by molar-refractivity contribution is 6.02. The van der Waals surface area contributed by atoms with Crippen molar-refractivity contribution in [3.63, 3.8) is 0 Å². The van der Waals surface area contributed by atoms with Gasteiger partial charge in [0.15, 0.2) is 0 Å². The number of carboxylic acid groups (broad SMARTS) is 1. The minimum absolute atomic E-state index is 0.247. The van der Waals surface area contributed by atoms with Crippen LogP contribution >= 0.6 is 0 Å². The zero-order valence-corrected chi connectivity index (χ0v) is 10.0. The quantitative estimate of drug-likeness (QED) is 0.885. The highest BCUT2D eigenvalue weighted by Gasteiger charge is 2.20. The van der Waals surface area contributed by atoms with Gasteiger partial charge in [-0.15, -0.1) is 0 Å². The Morgan fingerprint density at radius 2 is 2.28 bits per heavy atom. The molecule has 2 aromatic rings. The molecule has 3 rings (SSSR count). The third-order valence-corrected chi connectivity index (χ3v) is 3.50. The minimum Gasteiger partial charge on any atom is -0.478 e. The second-order valence-electron chi connectivity index (χ2n) is 4.64. The highest BCUT2D eigenvalue weighted by atomic mass is 16.5. The summed E-state index contributed by atoms with van der Waals surface area (Å²) in [6, 6.07) is 7.60. The highest BCUT2D eigenvalue weighted by Crippen LogP contribution is 2.28. The van der Waals surface area contributed by atoms with Gasteiger partial charge in [0.1, 0.15) is 0 Å². The average molecular weight is 245 g/mol. The van der Waals surface area contributed by atoms with E-state index in [2.05, 4.69) is 4.57 Å². The Hall–Kier alpha value is -1.81. The maximum atomic E-state index is 11.3. The minimum atomic E-state index is -0.878. The fraction of sp³-hybridized carbons (Fsp3) is 0.357. The lowest BCUT2D eigenvalue weighted by Gasteiger charge is -2.24. The number of nitrogens with zero attached hydrogens (tertiary/aromatic N) is 1. The van der Waals surface area contributed by atoms with Crippen molar-refractivity contribution in [1.82, 2.24) is 4.57 Å². The summed E-state index contributed by atoms with van der Waals surface area (Å²) in [6.07, 6.45) is 4.04. The van der Waals surface area contributed by atoms with Crippen LogP contribution in [0.5, 0.6) is 0 Å². The molecule has 1 aromatic carbocycles. The predicted molar refractivity (Wildman–Crippen MR) is 68.0 cm³/mol. The van der Waals surface area contributed by atoms with Crippen molar-refractivity contribution in [3.05, 3.63) is 36.0 Å². The van der Waals surface area contributed by atoms with Crippen LogP contribution in [0.3, 0.4) is 0 Å². The number of carboxylic acids is 1. The summed E-state index contributed by atoms with van der Waals surface area (Å²) in [7, 11) is 0. The molecule has 1 aliphatic heterocycles. The number of carbonyl (C=O) groups is 1. The molecule has 1 aliphatic rings. The van der Waals surface area contributed by atoms with E-state index in [1.165, 1.54) is 0 Å². The second-order valence-corrected chi connectivity index (χ2v) is 4.64. The lowest BCUT2D eigenvalue weighted by molar-refractivity contribution is 0.0602. The molecule has 0 spiro atoms. The Morgan fingerprint density at radius 1 is 1.39 bits per heavy atom. The number of aromatic carboxylic acids is 1. The molecular formula is C14H15NO3. The molecule has 4 heteroatoms. The molecule has 0 bridgehead atoms. The van der Waals surface area contributed by atoms with Crippen LogP contribution in [-0.4, -0.2) is 28.9 Å². The van der Waals surface area contributed by atoms with Gasteiger partial charge in [-0.25, -0.2) is 4.79 Å². The zero-order chi connectivity index (χ0) is 12.5. The Balaban J connectivity index is 2.14. The van der Waals surface area contributed by atoms with E-state index < -0.39 is 5.97 Å². The summed E-state index contributed by atoms with van der Waals surface area (Å²) >= 11 is 0. The molecule has 4 nitrogen and oxygen atoms in total. The number of aromatic nitrogens is 1. The topological polar surface area (TPSA) is 51.5 Å². The molecule has 94 valence electrons. The molecule has 18 heavy (non-hydrogen) atoms. The van der Waals surface area contributed by atoms with Crippen LogP contribution in [0.1, 0.15) is 29.2 Å². The molecule has 0 saturated carbocycles. The number of fused-ring (bicyclic) bond motifs is 1. The first-order valence-corrected chi connectivity index (χ1v) is 6.18. The van der Waals surface area contributed by atoms with E-state index >= 15 is 0 Å². The zero-order valence-electron chi connectivity index (χ0n) is 10.0.